The van der Waals surface area contributed by atoms with Gasteiger partial charge < -0.3 is 15.2 Å². The predicted octanol–water partition coefficient (Wildman–Crippen LogP) is 3.25. The van der Waals surface area contributed by atoms with Gasteiger partial charge in [-0.2, -0.15) is 0 Å². The lowest BCUT2D eigenvalue weighted by Crippen LogP contribution is -2.39. The summed E-state index contributed by atoms with van der Waals surface area (Å²) in [7, 11) is 0. The molecule has 1 unspecified atom stereocenters. The normalized spacial score (nSPS) is 18.9. The van der Waals surface area contributed by atoms with Gasteiger partial charge in [-0.1, -0.05) is 24.4 Å². The van der Waals surface area contributed by atoms with Gasteiger partial charge in [-0.05, 0) is 49.9 Å². The molecule has 3 nitrogen and oxygen atoms in total. The van der Waals surface area contributed by atoms with E-state index in [0.29, 0.717) is 24.2 Å². The third kappa shape index (κ3) is 4.97. The van der Waals surface area contributed by atoms with E-state index in [1.165, 1.54) is 25.7 Å². The first-order chi connectivity index (χ1) is 9.65. The average molecular weight is 298 g/mol. The van der Waals surface area contributed by atoms with Gasteiger partial charge in [0.2, 0.25) is 0 Å². The van der Waals surface area contributed by atoms with Gasteiger partial charge in [-0.25, -0.2) is 0 Å². The van der Waals surface area contributed by atoms with E-state index in [0.717, 1.165) is 11.7 Å². The smallest absolute Gasteiger partial charge is 0.119 e. The van der Waals surface area contributed by atoms with Crippen molar-refractivity contribution in [3.8, 4) is 5.75 Å². The molecule has 1 aliphatic rings. The van der Waals surface area contributed by atoms with Crippen molar-refractivity contribution < 1.29 is 9.84 Å². The van der Waals surface area contributed by atoms with Crippen molar-refractivity contribution in [1.82, 2.24) is 5.32 Å². The summed E-state index contributed by atoms with van der Waals surface area (Å²) in [5, 5.41) is 14.0. The molecule has 2 atom stereocenters. The molecule has 2 N–H and O–H groups in total. The molecule has 0 aliphatic heterocycles. The summed E-state index contributed by atoms with van der Waals surface area (Å²) in [5.41, 5.74) is 0. The molecule has 0 aromatic heterocycles. The average Bonchev–Trinajstić information content (AvgIpc) is 2.98. The molecule has 1 aliphatic carbocycles. The summed E-state index contributed by atoms with van der Waals surface area (Å²) < 4.78 is 5.53. The highest BCUT2D eigenvalue weighted by Crippen LogP contribution is 2.27. The molecule has 0 saturated heterocycles. The van der Waals surface area contributed by atoms with Crippen LogP contribution in [0.15, 0.2) is 24.3 Å². The lowest BCUT2D eigenvalue weighted by Gasteiger charge is -2.22. The van der Waals surface area contributed by atoms with Crippen LogP contribution in [0.1, 0.15) is 32.6 Å². The van der Waals surface area contributed by atoms with Crippen LogP contribution in [0.5, 0.6) is 5.75 Å². The molecule has 0 radical (unpaired) electrons. The van der Waals surface area contributed by atoms with Crippen molar-refractivity contribution in [1.29, 1.82) is 0 Å². The fraction of sp³-hybridized carbons (Fsp3) is 0.625. The van der Waals surface area contributed by atoms with E-state index < -0.39 is 6.10 Å². The zero-order chi connectivity index (χ0) is 14.4. The third-order valence-corrected chi connectivity index (χ3v) is 4.29. The molecule has 4 heteroatoms. The molecule has 0 heterocycles. The van der Waals surface area contributed by atoms with Gasteiger partial charge in [0.05, 0.1) is 0 Å². The molecule has 1 saturated carbocycles. The molecule has 20 heavy (non-hydrogen) atoms. The Hall–Kier alpha value is -0.770. The standard InChI is InChI=1S/C16H24ClNO2/c1-12(13-4-2-3-5-13)18-10-15(19)11-20-16-8-6-14(17)7-9-16/h6-9,12-13,15,18-19H,2-5,10-11H2,1H3/t12-,15?/m1/s1. The number of benzene rings is 1. The summed E-state index contributed by atoms with van der Waals surface area (Å²) in [6.45, 7) is 3.08. The zero-order valence-electron chi connectivity index (χ0n) is 12.0. The van der Waals surface area contributed by atoms with E-state index in [1.807, 2.05) is 12.1 Å². The van der Waals surface area contributed by atoms with Crippen molar-refractivity contribution in [2.45, 2.75) is 44.8 Å². The van der Waals surface area contributed by atoms with E-state index in [9.17, 15) is 5.11 Å². The van der Waals surface area contributed by atoms with Gasteiger partial charge in [0.25, 0.3) is 0 Å². The molecule has 2 rings (SSSR count). The first-order valence-corrected chi connectivity index (χ1v) is 7.83. The highest BCUT2D eigenvalue weighted by Gasteiger charge is 2.21. The van der Waals surface area contributed by atoms with Crippen LogP contribution >= 0.6 is 11.6 Å². The number of nitrogens with one attached hydrogen (secondary N) is 1. The van der Waals surface area contributed by atoms with Crippen LogP contribution in [0.4, 0.5) is 0 Å². The van der Waals surface area contributed by atoms with Gasteiger partial charge in [0, 0.05) is 17.6 Å². The van der Waals surface area contributed by atoms with Crippen LogP contribution in [-0.2, 0) is 0 Å². The Labute approximate surface area is 126 Å². The lowest BCUT2D eigenvalue weighted by atomic mass is 10.00. The highest BCUT2D eigenvalue weighted by molar-refractivity contribution is 6.30. The second-order valence-corrected chi connectivity index (χ2v) is 6.10. The lowest BCUT2D eigenvalue weighted by molar-refractivity contribution is 0.102. The van der Waals surface area contributed by atoms with Crippen LogP contribution in [0, 0.1) is 5.92 Å². The summed E-state index contributed by atoms with van der Waals surface area (Å²) in [4.78, 5) is 0. The number of halogens is 1. The van der Waals surface area contributed by atoms with Crippen molar-refractivity contribution in [2.75, 3.05) is 13.2 Å². The maximum absolute atomic E-state index is 9.94. The van der Waals surface area contributed by atoms with Crippen LogP contribution in [0.25, 0.3) is 0 Å². The summed E-state index contributed by atoms with van der Waals surface area (Å²) in [6, 6.07) is 7.66. The van der Waals surface area contributed by atoms with Crippen molar-refractivity contribution in [3.05, 3.63) is 29.3 Å². The van der Waals surface area contributed by atoms with Crippen LogP contribution in [0.2, 0.25) is 5.02 Å². The van der Waals surface area contributed by atoms with E-state index in [4.69, 9.17) is 16.3 Å². The topological polar surface area (TPSA) is 41.5 Å². The molecule has 1 aromatic carbocycles. The summed E-state index contributed by atoms with van der Waals surface area (Å²) in [5.74, 6) is 1.50. The summed E-state index contributed by atoms with van der Waals surface area (Å²) >= 11 is 5.81. The Balaban J connectivity index is 1.64. The Morgan fingerprint density at radius 1 is 1.30 bits per heavy atom. The summed E-state index contributed by atoms with van der Waals surface area (Å²) in [6.07, 6.45) is 4.82. The largest absolute Gasteiger partial charge is 0.491 e. The number of hydrogen-bond acceptors (Lipinski definition) is 3. The maximum Gasteiger partial charge on any atom is 0.119 e. The molecule has 112 valence electrons. The second kappa shape index (κ2) is 7.87. The van der Waals surface area contributed by atoms with Gasteiger partial charge in [-0.15, -0.1) is 0 Å². The van der Waals surface area contributed by atoms with Crippen LogP contribution in [-0.4, -0.2) is 30.4 Å². The van der Waals surface area contributed by atoms with Crippen molar-refractivity contribution in [2.24, 2.45) is 5.92 Å². The molecular weight excluding hydrogens is 274 g/mol. The first-order valence-electron chi connectivity index (χ1n) is 7.45. The Morgan fingerprint density at radius 2 is 1.95 bits per heavy atom. The quantitative estimate of drug-likeness (QED) is 0.812. The number of ether oxygens (including phenoxy) is 1. The minimum Gasteiger partial charge on any atom is -0.491 e. The third-order valence-electron chi connectivity index (χ3n) is 4.04. The van der Waals surface area contributed by atoms with Gasteiger partial charge >= 0.3 is 0 Å². The molecule has 0 bridgehead atoms. The van der Waals surface area contributed by atoms with Gasteiger partial charge in [0.1, 0.15) is 18.5 Å². The van der Waals surface area contributed by atoms with E-state index in [1.54, 1.807) is 12.1 Å². The number of aliphatic hydroxyl groups excluding tert-OH is 1. The number of hydrogen-bond donors (Lipinski definition) is 2. The SMILES string of the molecule is C[C@@H](NCC(O)COc1ccc(Cl)cc1)C1CCCC1. The Bertz CT molecular complexity index is 390. The van der Waals surface area contributed by atoms with E-state index in [-0.39, 0.29) is 0 Å². The van der Waals surface area contributed by atoms with Crippen LogP contribution < -0.4 is 10.1 Å². The Morgan fingerprint density at radius 3 is 2.60 bits per heavy atom. The fourth-order valence-electron chi connectivity index (χ4n) is 2.73. The maximum atomic E-state index is 9.94. The van der Waals surface area contributed by atoms with E-state index >= 15 is 0 Å². The zero-order valence-corrected chi connectivity index (χ0v) is 12.8. The number of rotatable bonds is 7. The van der Waals surface area contributed by atoms with Gasteiger partial charge in [-0.3, -0.25) is 0 Å². The minimum atomic E-state index is -0.491. The molecule has 1 aromatic rings. The predicted molar refractivity (Wildman–Crippen MR) is 82.4 cm³/mol. The van der Waals surface area contributed by atoms with E-state index in [2.05, 4.69) is 12.2 Å². The highest BCUT2D eigenvalue weighted by atomic mass is 35.5. The first kappa shape index (κ1) is 15.6. The fourth-order valence-corrected chi connectivity index (χ4v) is 2.85. The molecule has 0 amide bonds. The number of aliphatic hydroxyl groups is 1. The van der Waals surface area contributed by atoms with Crippen LogP contribution in [0.3, 0.4) is 0 Å². The monoisotopic (exact) mass is 297 g/mol. The van der Waals surface area contributed by atoms with Crippen molar-refractivity contribution in [3.63, 3.8) is 0 Å². The minimum absolute atomic E-state index is 0.298. The Kier molecular flexibility index (Phi) is 6.14. The molecule has 1 fully saturated rings. The van der Waals surface area contributed by atoms with Gasteiger partial charge in [0.15, 0.2) is 0 Å². The van der Waals surface area contributed by atoms with Crippen molar-refractivity contribution >= 4 is 11.6 Å². The molecular formula is C16H24ClNO2. The molecule has 0 spiro atoms. The second-order valence-electron chi connectivity index (χ2n) is 5.66.